The van der Waals surface area contributed by atoms with E-state index in [-0.39, 0.29) is 6.04 Å². The molecule has 0 aromatic rings. The van der Waals surface area contributed by atoms with Crippen LogP contribution in [0.5, 0.6) is 0 Å². The first-order valence-corrected chi connectivity index (χ1v) is 4.09. The van der Waals surface area contributed by atoms with E-state index in [9.17, 15) is 4.79 Å². The first-order valence-electron chi connectivity index (χ1n) is 4.09. The number of hydrogen-bond acceptors (Lipinski definition) is 2. The van der Waals surface area contributed by atoms with Crippen LogP contribution in [0.4, 0.5) is 0 Å². The maximum absolute atomic E-state index is 10.7. The van der Waals surface area contributed by atoms with Crippen molar-refractivity contribution in [3.63, 3.8) is 0 Å². The summed E-state index contributed by atoms with van der Waals surface area (Å²) in [6, 6.07) is -0.236. The van der Waals surface area contributed by atoms with Gasteiger partial charge in [0.05, 0.1) is 0 Å². The number of carboxylic acid groups (broad SMARTS) is 1. The van der Waals surface area contributed by atoms with Crippen molar-refractivity contribution in [2.24, 2.45) is 5.92 Å². The zero-order chi connectivity index (χ0) is 8.43. The lowest BCUT2D eigenvalue weighted by molar-refractivity contribution is -0.143. The van der Waals surface area contributed by atoms with E-state index < -0.39 is 5.97 Å². The van der Waals surface area contributed by atoms with Crippen LogP contribution in [0.2, 0.25) is 0 Å². The lowest BCUT2D eigenvalue weighted by Crippen LogP contribution is -2.39. The van der Waals surface area contributed by atoms with E-state index in [0.717, 1.165) is 19.4 Å². The van der Waals surface area contributed by atoms with Crippen LogP contribution in [0, 0.1) is 5.92 Å². The zero-order valence-electron chi connectivity index (χ0n) is 7.08. The fourth-order valence-corrected chi connectivity index (χ4v) is 1.36. The summed E-state index contributed by atoms with van der Waals surface area (Å²) in [6.45, 7) is 2.80. The molecule has 1 N–H and O–H groups in total. The van der Waals surface area contributed by atoms with Gasteiger partial charge >= 0.3 is 5.97 Å². The Bertz CT molecular complexity index is 154. The maximum atomic E-state index is 10.7. The molecule has 0 bridgehead atoms. The predicted molar refractivity (Wildman–Crippen MR) is 42.5 cm³/mol. The van der Waals surface area contributed by atoms with Gasteiger partial charge in [0.1, 0.15) is 6.04 Å². The minimum Gasteiger partial charge on any atom is -0.480 e. The summed E-state index contributed by atoms with van der Waals surface area (Å²) in [5, 5.41) is 8.84. The molecular formula is C8H15NO2. The van der Waals surface area contributed by atoms with E-state index in [1.54, 1.807) is 0 Å². The molecular weight excluding hydrogens is 142 g/mol. The van der Waals surface area contributed by atoms with Crippen LogP contribution >= 0.6 is 0 Å². The first kappa shape index (κ1) is 8.53. The van der Waals surface area contributed by atoms with Gasteiger partial charge in [-0.3, -0.25) is 9.69 Å². The summed E-state index contributed by atoms with van der Waals surface area (Å²) in [5.41, 5.74) is 0. The molecule has 1 saturated carbocycles. The number of hydrogen-bond donors (Lipinski definition) is 1. The van der Waals surface area contributed by atoms with Gasteiger partial charge in [0.25, 0.3) is 0 Å². The maximum Gasteiger partial charge on any atom is 0.321 e. The summed E-state index contributed by atoms with van der Waals surface area (Å²) in [7, 11) is 1.87. The summed E-state index contributed by atoms with van der Waals surface area (Å²) in [5.74, 6) is -0.255. The molecule has 64 valence electrons. The highest BCUT2D eigenvalue weighted by atomic mass is 16.4. The van der Waals surface area contributed by atoms with Crippen LogP contribution in [0.3, 0.4) is 0 Å². The summed E-state index contributed by atoms with van der Waals surface area (Å²) in [6.07, 6.45) is 2.17. The fourth-order valence-electron chi connectivity index (χ4n) is 1.36. The second-order valence-corrected chi connectivity index (χ2v) is 3.19. The number of carbonyl (C=O) groups is 1. The Hall–Kier alpha value is -0.570. The Morgan fingerprint density at radius 2 is 2.27 bits per heavy atom. The highest BCUT2D eigenvalue weighted by Gasteiger charge is 2.38. The van der Waals surface area contributed by atoms with Gasteiger partial charge in [0.2, 0.25) is 0 Å². The van der Waals surface area contributed by atoms with Gasteiger partial charge in [0.15, 0.2) is 0 Å². The Labute approximate surface area is 67.0 Å². The average Bonchev–Trinajstić information content (AvgIpc) is 2.71. The molecule has 3 nitrogen and oxygen atoms in total. The second kappa shape index (κ2) is 3.22. The monoisotopic (exact) mass is 157 g/mol. The summed E-state index contributed by atoms with van der Waals surface area (Å²) in [4.78, 5) is 12.6. The minimum atomic E-state index is -0.670. The predicted octanol–water partition coefficient (Wildman–Crippen LogP) is 0.801. The van der Waals surface area contributed by atoms with E-state index in [2.05, 4.69) is 0 Å². The molecule has 0 radical (unpaired) electrons. The van der Waals surface area contributed by atoms with Gasteiger partial charge in [-0.2, -0.15) is 0 Å². The molecule has 0 spiro atoms. The van der Waals surface area contributed by atoms with E-state index >= 15 is 0 Å². The van der Waals surface area contributed by atoms with Crippen LogP contribution in [0.15, 0.2) is 0 Å². The van der Waals surface area contributed by atoms with Crippen LogP contribution < -0.4 is 0 Å². The third-order valence-corrected chi connectivity index (χ3v) is 2.30. The van der Waals surface area contributed by atoms with Gasteiger partial charge in [-0.1, -0.05) is 6.92 Å². The SMILES string of the molecule is CCN(C)C(C(=O)O)C1CC1. The third-order valence-electron chi connectivity index (χ3n) is 2.30. The van der Waals surface area contributed by atoms with Crippen LogP contribution in [-0.4, -0.2) is 35.6 Å². The lowest BCUT2D eigenvalue weighted by Gasteiger charge is -2.22. The zero-order valence-corrected chi connectivity index (χ0v) is 7.08. The second-order valence-electron chi connectivity index (χ2n) is 3.19. The van der Waals surface area contributed by atoms with Crippen molar-refractivity contribution in [3.05, 3.63) is 0 Å². The minimum absolute atomic E-state index is 0.236. The van der Waals surface area contributed by atoms with Gasteiger partial charge in [-0.05, 0) is 32.4 Å². The molecule has 0 amide bonds. The number of likely N-dealkylation sites (N-methyl/N-ethyl adjacent to an activating group) is 1. The van der Waals surface area contributed by atoms with E-state index in [1.165, 1.54) is 0 Å². The topological polar surface area (TPSA) is 40.5 Å². The van der Waals surface area contributed by atoms with Crippen molar-refractivity contribution < 1.29 is 9.90 Å². The smallest absolute Gasteiger partial charge is 0.321 e. The largest absolute Gasteiger partial charge is 0.480 e. The Kier molecular flexibility index (Phi) is 2.49. The summed E-state index contributed by atoms with van der Waals surface area (Å²) >= 11 is 0. The Balaban J connectivity index is 2.50. The van der Waals surface area contributed by atoms with Crippen LogP contribution in [0.25, 0.3) is 0 Å². The van der Waals surface area contributed by atoms with Crippen molar-refractivity contribution in [3.8, 4) is 0 Å². The van der Waals surface area contributed by atoms with Crippen LogP contribution in [0.1, 0.15) is 19.8 Å². The van der Waals surface area contributed by atoms with Crippen LogP contribution in [-0.2, 0) is 4.79 Å². The molecule has 0 aromatic heterocycles. The normalized spacial score (nSPS) is 20.3. The van der Waals surface area contributed by atoms with Gasteiger partial charge in [0, 0.05) is 0 Å². The summed E-state index contributed by atoms with van der Waals surface area (Å²) < 4.78 is 0. The quantitative estimate of drug-likeness (QED) is 0.656. The van der Waals surface area contributed by atoms with Gasteiger partial charge < -0.3 is 5.11 Å². The average molecular weight is 157 g/mol. The molecule has 0 heterocycles. The molecule has 0 saturated heterocycles. The molecule has 0 aliphatic heterocycles. The molecule has 1 aliphatic carbocycles. The van der Waals surface area contributed by atoms with E-state index in [1.807, 2.05) is 18.9 Å². The van der Waals surface area contributed by atoms with Gasteiger partial charge in [-0.15, -0.1) is 0 Å². The van der Waals surface area contributed by atoms with E-state index in [0.29, 0.717) is 5.92 Å². The molecule has 1 aliphatic rings. The molecule has 1 atom stereocenters. The molecule has 11 heavy (non-hydrogen) atoms. The molecule has 0 aromatic carbocycles. The lowest BCUT2D eigenvalue weighted by atomic mass is 10.1. The van der Waals surface area contributed by atoms with E-state index in [4.69, 9.17) is 5.11 Å². The molecule has 3 heteroatoms. The van der Waals surface area contributed by atoms with Crippen molar-refractivity contribution in [1.29, 1.82) is 0 Å². The van der Waals surface area contributed by atoms with Gasteiger partial charge in [-0.25, -0.2) is 0 Å². The number of aliphatic carboxylic acids is 1. The number of rotatable bonds is 4. The number of carboxylic acids is 1. The molecule has 1 rings (SSSR count). The van der Waals surface area contributed by atoms with Crippen molar-refractivity contribution in [2.75, 3.05) is 13.6 Å². The fraction of sp³-hybridized carbons (Fsp3) is 0.875. The van der Waals surface area contributed by atoms with Crippen molar-refractivity contribution in [1.82, 2.24) is 4.90 Å². The third kappa shape index (κ3) is 1.93. The molecule has 1 fully saturated rings. The highest BCUT2D eigenvalue weighted by molar-refractivity contribution is 5.74. The first-order chi connectivity index (χ1) is 5.16. The highest BCUT2D eigenvalue weighted by Crippen LogP contribution is 2.34. The molecule has 1 unspecified atom stereocenters. The number of nitrogens with zero attached hydrogens (tertiary/aromatic N) is 1. The standard InChI is InChI=1S/C8H15NO2/c1-3-9(2)7(8(10)11)6-4-5-6/h6-7H,3-5H2,1-2H3,(H,10,11). The Morgan fingerprint density at radius 1 is 1.73 bits per heavy atom. The Morgan fingerprint density at radius 3 is 2.55 bits per heavy atom. The van der Waals surface area contributed by atoms with Crippen molar-refractivity contribution in [2.45, 2.75) is 25.8 Å². The van der Waals surface area contributed by atoms with Crippen molar-refractivity contribution >= 4 is 5.97 Å².